The molecule has 37 heavy (non-hydrogen) atoms. The van der Waals surface area contributed by atoms with E-state index in [2.05, 4.69) is 69.0 Å². The summed E-state index contributed by atoms with van der Waals surface area (Å²) >= 11 is 0. The summed E-state index contributed by atoms with van der Waals surface area (Å²) in [5.74, 6) is 0.905. The summed E-state index contributed by atoms with van der Waals surface area (Å²) in [7, 11) is 7.55. The van der Waals surface area contributed by atoms with E-state index in [4.69, 9.17) is 4.98 Å². The molecular formula is C29H35N7O. The van der Waals surface area contributed by atoms with Crippen LogP contribution in [-0.4, -0.2) is 77.6 Å². The maximum Gasteiger partial charge on any atom is 0.253 e. The molecule has 5 rings (SSSR count). The number of piperazine rings is 1. The Hall–Kier alpha value is -3.91. The second-order valence-corrected chi connectivity index (χ2v) is 9.93. The van der Waals surface area contributed by atoms with Crippen molar-refractivity contribution in [3.63, 3.8) is 0 Å². The number of carbonyl (C=O) groups excluding carboxylic acids is 1. The van der Waals surface area contributed by atoms with Crippen molar-refractivity contribution in [2.75, 3.05) is 57.5 Å². The monoisotopic (exact) mass is 497 g/mol. The van der Waals surface area contributed by atoms with E-state index in [0.717, 1.165) is 60.7 Å². The molecule has 0 unspecified atom stereocenters. The molecule has 1 fully saturated rings. The Kier molecular flexibility index (Phi) is 6.84. The molecule has 1 saturated heterocycles. The Bertz CT molecular complexity index is 1420. The number of hydrogen-bond acceptors (Lipinski definition) is 6. The number of aromatic nitrogens is 3. The molecule has 0 atom stereocenters. The molecule has 1 amide bonds. The normalized spacial score (nSPS) is 14.2. The van der Waals surface area contributed by atoms with Crippen LogP contribution in [0.25, 0.3) is 22.2 Å². The van der Waals surface area contributed by atoms with E-state index in [0.29, 0.717) is 0 Å². The number of carbonyl (C=O) groups is 1. The predicted molar refractivity (Wildman–Crippen MR) is 150 cm³/mol. The van der Waals surface area contributed by atoms with E-state index in [1.54, 1.807) is 19.0 Å². The van der Waals surface area contributed by atoms with E-state index < -0.39 is 0 Å². The highest BCUT2D eigenvalue weighted by atomic mass is 16.2. The SMILES string of the molecule is CNc1cc(C)c(-c2ccnc3c2cc(CN2CCN(c4ccc(C(=O)N(C)C)cc4)CC2)n3C)cn1. The fraction of sp³-hybridized carbons (Fsp3) is 0.345. The second kappa shape index (κ2) is 10.2. The fourth-order valence-electron chi connectivity index (χ4n) is 5.10. The van der Waals surface area contributed by atoms with Crippen LogP contribution in [0.3, 0.4) is 0 Å². The van der Waals surface area contributed by atoms with Gasteiger partial charge in [0, 0.05) is 101 Å². The molecule has 8 nitrogen and oxygen atoms in total. The average Bonchev–Trinajstić information content (AvgIpc) is 3.24. The lowest BCUT2D eigenvalue weighted by Gasteiger charge is -2.36. The van der Waals surface area contributed by atoms with Crippen LogP contribution in [0.15, 0.2) is 54.9 Å². The first-order chi connectivity index (χ1) is 17.9. The summed E-state index contributed by atoms with van der Waals surface area (Å²) in [4.78, 5) is 27.9. The van der Waals surface area contributed by atoms with Crippen LogP contribution >= 0.6 is 0 Å². The Balaban J connectivity index is 1.30. The van der Waals surface area contributed by atoms with Gasteiger partial charge in [0.25, 0.3) is 5.91 Å². The third kappa shape index (κ3) is 4.89. The highest BCUT2D eigenvalue weighted by Gasteiger charge is 2.20. The third-order valence-electron chi connectivity index (χ3n) is 7.33. The van der Waals surface area contributed by atoms with Gasteiger partial charge in [0.2, 0.25) is 0 Å². The Morgan fingerprint density at radius 1 is 1.00 bits per heavy atom. The molecule has 0 saturated carbocycles. The van der Waals surface area contributed by atoms with Gasteiger partial charge in [-0.05, 0) is 60.5 Å². The van der Waals surface area contributed by atoms with Gasteiger partial charge in [-0.2, -0.15) is 0 Å². The van der Waals surface area contributed by atoms with E-state index in [-0.39, 0.29) is 5.91 Å². The number of rotatable bonds is 6. The Morgan fingerprint density at radius 3 is 2.38 bits per heavy atom. The maximum absolute atomic E-state index is 12.2. The van der Waals surface area contributed by atoms with Gasteiger partial charge in [-0.25, -0.2) is 9.97 Å². The zero-order valence-corrected chi connectivity index (χ0v) is 22.3. The van der Waals surface area contributed by atoms with Gasteiger partial charge in [-0.15, -0.1) is 0 Å². The number of pyridine rings is 2. The number of hydrogen-bond donors (Lipinski definition) is 1. The standard InChI is InChI=1S/C29H35N7O/c1-20-16-27(30-2)32-18-26(20)24-10-11-31-28-25(24)17-23(34(28)5)19-35-12-14-36(15-13-35)22-8-6-21(7-9-22)29(37)33(3)4/h6-11,16-18H,12-15,19H2,1-5H3,(H,30,32). The molecule has 4 heterocycles. The molecule has 3 aromatic heterocycles. The van der Waals surface area contributed by atoms with Crippen molar-refractivity contribution >= 4 is 28.4 Å². The van der Waals surface area contributed by atoms with Crippen molar-refractivity contribution in [2.24, 2.45) is 7.05 Å². The maximum atomic E-state index is 12.2. The van der Waals surface area contributed by atoms with Crippen LogP contribution in [0.5, 0.6) is 0 Å². The number of amides is 1. The first kappa shape index (κ1) is 24.8. The quantitative estimate of drug-likeness (QED) is 0.434. The Labute approximate surface area is 218 Å². The van der Waals surface area contributed by atoms with E-state index in [9.17, 15) is 4.79 Å². The number of anilines is 2. The van der Waals surface area contributed by atoms with Gasteiger partial charge >= 0.3 is 0 Å². The van der Waals surface area contributed by atoms with Gasteiger partial charge in [0.1, 0.15) is 11.5 Å². The van der Waals surface area contributed by atoms with Crippen molar-refractivity contribution in [1.29, 1.82) is 0 Å². The lowest BCUT2D eigenvalue weighted by molar-refractivity contribution is 0.0827. The van der Waals surface area contributed by atoms with Crippen molar-refractivity contribution in [3.05, 3.63) is 71.7 Å². The molecule has 1 N–H and O–H groups in total. The predicted octanol–water partition coefficient (Wildman–Crippen LogP) is 4.01. The molecule has 1 aromatic carbocycles. The van der Waals surface area contributed by atoms with Gasteiger partial charge in [-0.1, -0.05) is 0 Å². The highest BCUT2D eigenvalue weighted by molar-refractivity contribution is 5.95. The Morgan fingerprint density at radius 2 is 1.73 bits per heavy atom. The summed E-state index contributed by atoms with van der Waals surface area (Å²) in [5.41, 5.74) is 7.63. The molecule has 192 valence electrons. The molecule has 1 aliphatic rings. The van der Waals surface area contributed by atoms with Crippen LogP contribution in [0.1, 0.15) is 21.6 Å². The van der Waals surface area contributed by atoms with Crippen molar-refractivity contribution in [2.45, 2.75) is 13.5 Å². The van der Waals surface area contributed by atoms with Crippen molar-refractivity contribution in [3.8, 4) is 11.1 Å². The second-order valence-electron chi connectivity index (χ2n) is 9.93. The lowest BCUT2D eigenvalue weighted by atomic mass is 10.0. The zero-order valence-electron chi connectivity index (χ0n) is 22.3. The van der Waals surface area contributed by atoms with Crippen molar-refractivity contribution < 1.29 is 4.79 Å². The molecule has 0 bridgehead atoms. The molecule has 1 aliphatic heterocycles. The third-order valence-corrected chi connectivity index (χ3v) is 7.33. The molecule has 0 aliphatic carbocycles. The molecular weight excluding hydrogens is 462 g/mol. The van der Waals surface area contributed by atoms with Gasteiger partial charge in [0.15, 0.2) is 0 Å². The smallest absolute Gasteiger partial charge is 0.253 e. The summed E-state index contributed by atoms with van der Waals surface area (Å²) in [5, 5.41) is 4.28. The minimum Gasteiger partial charge on any atom is -0.373 e. The summed E-state index contributed by atoms with van der Waals surface area (Å²) in [6, 6.07) is 14.4. The number of benzene rings is 1. The average molecular weight is 498 g/mol. The fourth-order valence-corrected chi connectivity index (χ4v) is 5.10. The topological polar surface area (TPSA) is 69.5 Å². The van der Waals surface area contributed by atoms with Gasteiger partial charge in [-0.3, -0.25) is 9.69 Å². The van der Waals surface area contributed by atoms with Crippen LogP contribution in [0.4, 0.5) is 11.5 Å². The van der Waals surface area contributed by atoms with Crippen LogP contribution in [-0.2, 0) is 13.6 Å². The van der Waals surface area contributed by atoms with E-state index in [1.165, 1.54) is 22.5 Å². The number of nitrogens with zero attached hydrogens (tertiary/aromatic N) is 6. The first-order valence-corrected chi connectivity index (χ1v) is 12.7. The van der Waals surface area contributed by atoms with Crippen LogP contribution in [0.2, 0.25) is 0 Å². The number of aryl methyl sites for hydroxylation is 2. The molecule has 8 heteroatoms. The zero-order chi connectivity index (χ0) is 26.1. The highest BCUT2D eigenvalue weighted by Crippen LogP contribution is 2.32. The van der Waals surface area contributed by atoms with E-state index >= 15 is 0 Å². The van der Waals surface area contributed by atoms with Crippen LogP contribution in [0, 0.1) is 6.92 Å². The summed E-state index contributed by atoms with van der Waals surface area (Å²) in [6.45, 7) is 6.88. The number of fused-ring (bicyclic) bond motifs is 1. The lowest BCUT2D eigenvalue weighted by Crippen LogP contribution is -2.46. The minimum absolute atomic E-state index is 0.0328. The van der Waals surface area contributed by atoms with Crippen LogP contribution < -0.4 is 10.2 Å². The van der Waals surface area contributed by atoms with E-state index in [1.807, 2.05) is 31.6 Å². The largest absolute Gasteiger partial charge is 0.373 e. The summed E-state index contributed by atoms with van der Waals surface area (Å²) in [6.07, 6.45) is 3.84. The van der Waals surface area contributed by atoms with Crippen molar-refractivity contribution in [1.82, 2.24) is 24.3 Å². The number of nitrogens with one attached hydrogen (secondary N) is 1. The molecule has 0 radical (unpaired) electrons. The van der Waals surface area contributed by atoms with Gasteiger partial charge in [0.05, 0.1) is 0 Å². The minimum atomic E-state index is 0.0328. The summed E-state index contributed by atoms with van der Waals surface area (Å²) < 4.78 is 2.22. The molecule has 4 aromatic rings. The first-order valence-electron chi connectivity index (χ1n) is 12.7. The molecule has 0 spiro atoms. The van der Waals surface area contributed by atoms with Gasteiger partial charge < -0.3 is 19.7 Å².